The maximum Gasteiger partial charge on any atom is 0.237 e. The van der Waals surface area contributed by atoms with Gasteiger partial charge in [0, 0.05) is 10.7 Å². The third kappa shape index (κ3) is 6.28. The second-order valence-electron chi connectivity index (χ2n) is 5.43. The third-order valence-corrected chi connectivity index (χ3v) is 4.80. The molecule has 2 amide bonds. The van der Waals surface area contributed by atoms with Crippen LogP contribution in [0.15, 0.2) is 48.5 Å². The second kappa shape index (κ2) is 10.1. The predicted molar refractivity (Wildman–Crippen MR) is 108 cm³/mol. The quantitative estimate of drug-likeness (QED) is 0.697. The van der Waals surface area contributed by atoms with Gasteiger partial charge in [-0.2, -0.15) is 0 Å². The summed E-state index contributed by atoms with van der Waals surface area (Å²) in [7, 11) is 0. The van der Waals surface area contributed by atoms with Gasteiger partial charge in [0.25, 0.3) is 0 Å². The van der Waals surface area contributed by atoms with Crippen LogP contribution in [0.5, 0.6) is 5.75 Å². The summed E-state index contributed by atoms with van der Waals surface area (Å²) in [6, 6.07) is 14.1. The largest absolute Gasteiger partial charge is 0.492 e. The van der Waals surface area contributed by atoms with Crippen molar-refractivity contribution in [3.63, 3.8) is 0 Å². The molecular weight excluding hydrogens is 372 g/mol. The number of ether oxygens (including phenoxy) is 1. The van der Waals surface area contributed by atoms with E-state index in [2.05, 4.69) is 10.6 Å². The van der Waals surface area contributed by atoms with Crippen molar-refractivity contribution in [1.82, 2.24) is 0 Å². The van der Waals surface area contributed by atoms with Gasteiger partial charge in [0.2, 0.25) is 11.8 Å². The molecule has 0 saturated carbocycles. The van der Waals surface area contributed by atoms with Gasteiger partial charge in [-0.1, -0.05) is 23.7 Å². The van der Waals surface area contributed by atoms with Crippen molar-refractivity contribution < 1.29 is 14.3 Å². The van der Waals surface area contributed by atoms with Crippen LogP contribution in [-0.2, 0) is 9.59 Å². The van der Waals surface area contributed by atoms with E-state index in [4.69, 9.17) is 16.3 Å². The molecule has 5 nitrogen and oxygen atoms in total. The number of nitrogens with one attached hydrogen (secondary N) is 2. The maximum atomic E-state index is 12.2. The summed E-state index contributed by atoms with van der Waals surface area (Å²) < 4.78 is 5.48. The van der Waals surface area contributed by atoms with Gasteiger partial charge in [0.15, 0.2) is 0 Å². The fourth-order valence-corrected chi connectivity index (χ4v) is 2.90. The van der Waals surface area contributed by atoms with E-state index in [1.807, 2.05) is 19.1 Å². The summed E-state index contributed by atoms with van der Waals surface area (Å²) >= 11 is 7.08. The molecule has 1 atom stereocenters. The Morgan fingerprint density at radius 2 is 1.81 bits per heavy atom. The molecule has 0 aromatic heterocycles. The van der Waals surface area contributed by atoms with Gasteiger partial charge in [-0.15, -0.1) is 11.8 Å². The molecule has 2 aromatic rings. The van der Waals surface area contributed by atoms with Crippen molar-refractivity contribution in [2.75, 3.05) is 23.0 Å². The lowest BCUT2D eigenvalue weighted by atomic mass is 10.3. The molecule has 0 heterocycles. The highest BCUT2D eigenvalue weighted by atomic mass is 35.5. The molecule has 0 saturated heterocycles. The molecule has 0 unspecified atom stereocenters. The van der Waals surface area contributed by atoms with Crippen LogP contribution in [0.1, 0.15) is 13.8 Å². The van der Waals surface area contributed by atoms with Crippen molar-refractivity contribution in [3.05, 3.63) is 53.6 Å². The van der Waals surface area contributed by atoms with Crippen LogP contribution in [0.3, 0.4) is 0 Å². The molecule has 2 rings (SSSR count). The minimum absolute atomic E-state index is 0.162. The molecule has 138 valence electrons. The Balaban J connectivity index is 1.82. The molecular formula is C19H21ClN2O3S. The Morgan fingerprint density at radius 1 is 1.12 bits per heavy atom. The van der Waals surface area contributed by atoms with Gasteiger partial charge in [-0.3, -0.25) is 9.59 Å². The first-order valence-corrected chi connectivity index (χ1v) is 9.62. The number of benzene rings is 2. The normalized spacial score (nSPS) is 11.5. The molecule has 2 aromatic carbocycles. The van der Waals surface area contributed by atoms with E-state index in [9.17, 15) is 9.59 Å². The number of hydrogen-bond acceptors (Lipinski definition) is 4. The second-order valence-corrected chi connectivity index (χ2v) is 7.19. The van der Waals surface area contributed by atoms with Crippen LogP contribution in [-0.4, -0.2) is 29.4 Å². The van der Waals surface area contributed by atoms with E-state index >= 15 is 0 Å². The monoisotopic (exact) mass is 392 g/mol. The van der Waals surface area contributed by atoms with Crippen LogP contribution in [0, 0.1) is 0 Å². The smallest absolute Gasteiger partial charge is 0.237 e. The highest BCUT2D eigenvalue weighted by Crippen LogP contribution is 2.24. The lowest BCUT2D eigenvalue weighted by molar-refractivity contribution is -0.115. The molecule has 0 bridgehead atoms. The minimum atomic E-state index is -0.376. The first-order valence-electron chi connectivity index (χ1n) is 8.19. The first kappa shape index (κ1) is 20.1. The number of carbonyl (C=O) groups excluding carboxylic acids is 2. The van der Waals surface area contributed by atoms with Gasteiger partial charge in [-0.05, 0) is 50.2 Å². The lowest BCUT2D eigenvalue weighted by Crippen LogP contribution is -2.25. The van der Waals surface area contributed by atoms with Gasteiger partial charge >= 0.3 is 0 Å². The van der Waals surface area contributed by atoms with Crippen LogP contribution >= 0.6 is 23.4 Å². The average molecular weight is 393 g/mol. The van der Waals surface area contributed by atoms with E-state index in [-0.39, 0.29) is 22.8 Å². The number of halogens is 1. The molecule has 0 aliphatic heterocycles. The number of anilines is 2. The molecule has 26 heavy (non-hydrogen) atoms. The summed E-state index contributed by atoms with van der Waals surface area (Å²) in [6.07, 6.45) is 0. The topological polar surface area (TPSA) is 67.4 Å². The van der Waals surface area contributed by atoms with Crippen molar-refractivity contribution in [1.29, 1.82) is 0 Å². The number of carbonyl (C=O) groups is 2. The van der Waals surface area contributed by atoms with E-state index in [0.29, 0.717) is 28.8 Å². The zero-order valence-corrected chi connectivity index (χ0v) is 16.2. The van der Waals surface area contributed by atoms with Crippen molar-refractivity contribution >= 4 is 46.6 Å². The van der Waals surface area contributed by atoms with Crippen molar-refractivity contribution in [3.8, 4) is 5.75 Å². The molecule has 0 fully saturated rings. The lowest BCUT2D eigenvalue weighted by Gasteiger charge is -2.13. The van der Waals surface area contributed by atoms with Crippen molar-refractivity contribution in [2.45, 2.75) is 19.1 Å². The number of thioether (sulfide) groups is 1. The Kier molecular flexibility index (Phi) is 7.81. The number of hydrogen-bond donors (Lipinski definition) is 2. The molecule has 0 aliphatic carbocycles. The summed E-state index contributed by atoms with van der Waals surface area (Å²) in [4.78, 5) is 24.3. The SMILES string of the molecule is CCOc1ccccc1NC(=O)CS[C@@H](C)C(=O)Nc1ccc(Cl)cc1. The van der Waals surface area contributed by atoms with Crippen LogP contribution in [0.2, 0.25) is 5.02 Å². The predicted octanol–water partition coefficient (Wildman–Crippen LogP) is 4.44. The van der Waals surface area contributed by atoms with E-state index in [0.717, 1.165) is 0 Å². The first-order chi connectivity index (χ1) is 12.5. The molecule has 7 heteroatoms. The van der Waals surface area contributed by atoms with Gasteiger partial charge in [0.05, 0.1) is 23.3 Å². The number of rotatable bonds is 8. The molecule has 0 radical (unpaired) electrons. The Labute approximate surface area is 162 Å². The summed E-state index contributed by atoms with van der Waals surface area (Å²) in [5.74, 6) is 0.436. The highest BCUT2D eigenvalue weighted by molar-refractivity contribution is 8.01. The molecule has 0 aliphatic rings. The van der Waals surface area contributed by atoms with E-state index < -0.39 is 0 Å². The zero-order valence-electron chi connectivity index (χ0n) is 14.6. The fraction of sp³-hybridized carbons (Fsp3) is 0.263. The Hall–Kier alpha value is -2.18. The Bertz CT molecular complexity index is 753. The summed E-state index contributed by atoms with van der Waals surface area (Å²) in [5.41, 5.74) is 1.29. The van der Waals surface area contributed by atoms with Crippen LogP contribution in [0.25, 0.3) is 0 Å². The Morgan fingerprint density at radius 3 is 2.50 bits per heavy atom. The average Bonchev–Trinajstić information content (AvgIpc) is 2.63. The van der Waals surface area contributed by atoms with E-state index in [1.54, 1.807) is 43.3 Å². The summed E-state index contributed by atoms with van der Waals surface area (Å²) in [5, 5.41) is 5.84. The fourth-order valence-electron chi connectivity index (χ4n) is 2.09. The van der Waals surface area contributed by atoms with Crippen LogP contribution < -0.4 is 15.4 Å². The van der Waals surface area contributed by atoms with Crippen LogP contribution in [0.4, 0.5) is 11.4 Å². The standard InChI is InChI=1S/C19H21ClN2O3S/c1-3-25-17-7-5-4-6-16(17)22-18(23)12-26-13(2)19(24)21-15-10-8-14(20)9-11-15/h4-11,13H,3,12H2,1-2H3,(H,21,24)(H,22,23)/t13-/m0/s1. The number of para-hydroxylation sites is 2. The number of amides is 2. The minimum Gasteiger partial charge on any atom is -0.492 e. The zero-order chi connectivity index (χ0) is 18.9. The highest BCUT2D eigenvalue weighted by Gasteiger charge is 2.16. The van der Waals surface area contributed by atoms with Gasteiger partial charge in [0.1, 0.15) is 5.75 Å². The molecule has 2 N–H and O–H groups in total. The third-order valence-electron chi connectivity index (χ3n) is 3.41. The van der Waals surface area contributed by atoms with Gasteiger partial charge < -0.3 is 15.4 Å². The van der Waals surface area contributed by atoms with E-state index in [1.165, 1.54) is 11.8 Å². The van der Waals surface area contributed by atoms with Crippen molar-refractivity contribution in [2.24, 2.45) is 0 Å². The van der Waals surface area contributed by atoms with Gasteiger partial charge in [-0.25, -0.2) is 0 Å². The summed E-state index contributed by atoms with van der Waals surface area (Å²) in [6.45, 7) is 4.16. The molecule has 0 spiro atoms. The maximum absolute atomic E-state index is 12.2.